The molecule has 4 atom stereocenters. The van der Waals surface area contributed by atoms with Crippen molar-refractivity contribution in [1.29, 1.82) is 0 Å². The lowest BCUT2D eigenvalue weighted by molar-refractivity contribution is -0.0508. The molecule has 0 bridgehead atoms. The van der Waals surface area contributed by atoms with Gasteiger partial charge in [-0.1, -0.05) is 11.6 Å². The number of ether oxygens (including phenoxy) is 1. The quantitative estimate of drug-likeness (QED) is 0.626. The minimum absolute atomic E-state index is 0.402. The molecule has 9 heteroatoms. The first-order chi connectivity index (χ1) is 12.5. The summed E-state index contributed by atoms with van der Waals surface area (Å²) in [6.07, 6.45) is 0.570. The van der Waals surface area contributed by atoms with Gasteiger partial charge < -0.3 is 24.6 Å². The van der Waals surface area contributed by atoms with Crippen molar-refractivity contribution in [2.24, 2.45) is 0 Å². The molecule has 3 N–H and O–H groups in total. The zero-order valence-electron chi connectivity index (χ0n) is 13.8. The molecule has 0 amide bonds. The summed E-state index contributed by atoms with van der Waals surface area (Å²) >= 11 is 6.31. The maximum Gasteiger partial charge on any atom is 0.164 e. The van der Waals surface area contributed by atoms with Crippen LogP contribution in [0.3, 0.4) is 0 Å². The zero-order chi connectivity index (χ0) is 18.4. The first-order valence-electron chi connectivity index (χ1n) is 8.08. The van der Waals surface area contributed by atoms with Gasteiger partial charge in [0.2, 0.25) is 0 Å². The molecule has 3 aromatic rings. The molecule has 0 unspecified atom stereocenters. The number of pyridine rings is 1. The van der Waals surface area contributed by atoms with Crippen molar-refractivity contribution in [3.05, 3.63) is 41.6 Å². The van der Waals surface area contributed by atoms with Gasteiger partial charge in [0.15, 0.2) is 6.23 Å². The summed E-state index contributed by atoms with van der Waals surface area (Å²) < 4.78 is 7.27. The van der Waals surface area contributed by atoms with Gasteiger partial charge in [-0.15, -0.1) is 0 Å². The molecule has 4 rings (SSSR count). The number of aliphatic hydroxyl groups is 3. The summed E-state index contributed by atoms with van der Waals surface area (Å²) in [6, 6.07) is 3.47. The fourth-order valence-electron chi connectivity index (χ4n) is 3.30. The number of aromatic nitrogens is 4. The van der Waals surface area contributed by atoms with Crippen LogP contribution < -0.4 is 0 Å². The van der Waals surface area contributed by atoms with Gasteiger partial charge in [-0.05, 0) is 19.1 Å². The Morgan fingerprint density at radius 1 is 1.23 bits per heavy atom. The Bertz CT molecular complexity index is 963. The van der Waals surface area contributed by atoms with E-state index in [-0.39, 0.29) is 0 Å². The van der Waals surface area contributed by atoms with Gasteiger partial charge in [0.05, 0.1) is 23.0 Å². The first-order valence-corrected chi connectivity index (χ1v) is 8.46. The largest absolute Gasteiger partial charge is 0.394 e. The van der Waals surface area contributed by atoms with Crippen molar-refractivity contribution in [2.75, 3.05) is 6.61 Å². The highest BCUT2D eigenvalue weighted by Crippen LogP contribution is 2.38. The van der Waals surface area contributed by atoms with Crippen LogP contribution in [-0.4, -0.2) is 59.8 Å². The molecule has 0 spiro atoms. The Morgan fingerprint density at radius 3 is 2.73 bits per heavy atom. The summed E-state index contributed by atoms with van der Waals surface area (Å²) in [5.41, 5.74) is 2.49. The second kappa shape index (κ2) is 6.57. The van der Waals surface area contributed by atoms with E-state index in [1.807, 2.05) is 6.92 Å². The summed E-state index contributed by atoms with van der Waals surface area (Å²) in [5.74, 6) is 0. The average Bonchev–Trinajstić information content (AvgIpc) is 3.15. The number of halogens is 1. The number of rotatable bonds is 3. The van der Waals surface area contributed by atoms with E-state index in [2.05, 4.69) is 15.0 Å². The van der Waals surface area contributed by atoms with Crippen LogP contribution in [0.4, 0.5) is 0 Å². The van der Waals surface area contributed by atoms with Crippen LogP contribution in [0.5, 0.6) is 0 Å². The highest BCUT2D eigenvalue weighted by molar-refractivity contribution is 6.33. The molecular formula is C17H17ClN4O4. The van der Waals surface area contributed by atoms with Crippen molar-refractivity contribution in [2.45, 2.75) is 31.5 Å². The number of fused-ring (bicyclic) bond motifs is 1. The van der Waals surface area contributed by atoms with Crippen molar-refractivity contribution in [1.82, 2.24) is 19.5 Å². The third-order valence-electron chi connectivity index (χ3n) is 4.60. The van der Waals surface area contributed by atoms with E-state index in [0.29, 0.717) is 21.9 Å². The Hall–Kier alpha value is -2.10. The molecule has 1 aliphatic rings. The van der Waals surface area contributed by atoms with Crippen LogP contribution in [0.15, 0.2) is 30.9 Å². The second-order valence-corrected chi connectivity index (χ2v) is 6.58. The first kappa shape index (κ1) is 17.3. The fourth-order valence-corrected chi connectivity index (χ4v) is 3.53. The standard InChI is InChI=1S/C17H17ClN4O4/c1-8-12-9(13-10(18)3-2-4-19-13)5-22(16(12)21-7-20-8)17-15(25)14(24)11(6-23)26-17/h2-5,7,11,14-15,17,23-25H,6H2,1H3/t11-,14-,15-,17-/m1/s1. The van der Waals surface area contributed by atoms with Crippen LogP contribution in [0.25, 0.3) is 22.3 Å². The number of aryl methyl sites for hydroxylation is 1. The summed E-state index contributed by atoms with van der Waals surface area (Å²) in [4.78, 5) is 12.9. The molecule has 26 heavy (non-hydrogen) atoms. The van der Waals surface area contributed by atoms with Crippen molar-refractivity contribution >= 4 is 22.6 Å². The molecule has 3 aromatic heterocycles. The van der Waals surface area contributed by atoms with E-state index in [1.54, 1.807) is 29.1 Å². The van der Waals surface area contributed by atoms with Crippen molar-refractivity contribution in [3.63, 3.8) is 0 Å². The third-order valence-corrected chi connectivity index (χ3v) is 4.91. The highest BCUT2D eigenvalue weighted by atomic mass is 35.5. The Kier molecular flexibility index (Phi) is 4.37. The summed E-state index contributed by atoms with van der Waals surface area (Å²) in [5, 5.41) is 31.0. The monoisotopic (exact) mass is 376 g/mol. The lowest BCUT2D eigenvalue weighted by atomic mass is 10.1. The summed E-state index contributed by atoms with van der Waals surface area (Å²) in [7, 11) is 0. The third kappa shape index (κ3) is 2.58. The van der Waals surface area contributed by atoms with Crippen LogP contribution in [-0.2, 0) is 4.74 Å². The number of aliphatic hydroxyl groups excluding tert-OH is 3. The van der Waals surface area contributed by atoms with E-state index in [1.165, 1.54) is 6.33 Å². The molecule has 1 fully saturated rings. The maximum absolute atomic E-state index is 10.4. The van der Waals surface area contributed by atoms with Crippen LogP contribution in [0, 0.1) is 6.92 Å². The molecule has 4 heterocycles. The molecule has 0 saturated carbocycles. The smallest absolute Gasteiger partial charge is 0.164 e. The van der Waals surface area contributed by atoms with E-state index in [0.717, 1.165) is 11.1 Å². The van der Waals surface area contributed by atoms with Crippen LogP contribution >= 0.6 is 11.6 Å². The van der Waals surface area contributed by atoms with Gasteiger partial charge in [0, 0.05) is 23.3 Å². The van der Waals surface area contributed by atoms with E-state index < -0.39 is 31.1 Å². The Morgan fingerprint density at radius 2 is 2.04 bits per heavy atom. The lowest BCUT2D eigenvalue weighted by Crippen LogP contribution is -2.33. The fraction of sp³-hybridized carbons (Fsp3) is 0.353. The van der Waals surface area contributed by atoms with E-state index >= 15 is 0 Å². The van der Waals surface area contributed by atoms with Gasteiger partial charge in [-0.2, -0.15) is 0 Å². The Balaban J connectivity index is 1.93. The van der Waals surface area contributed by atoms with Gasteiger partial charge in [-0.3, -0.25) is 4.98 Å². The molecule has 0 aliphatic carbocycles. The van der Waals surface area contributed by atoms with Crippen molar-refractivity contribution < 1.29 is 20.1 Å². The maximum atomic E-state index is 10.4. The van der Waals surface area contributed by atoms with E-state index in [4.69, 9.17) is 16.3 Å². The topological polar surface area (TPSA) is 114 Å². The molecule has 1 saturated heterocycles. The molecule has 1 aliphatic heterocycles. The van der Waals surface area contributed by atoms with Gasteiger partial charge in [-0.25, -0.2) is 9.97 Å². The zero-order valence-corrected chi connectivity index (χ0v) is 14.6. The minimum atomic E-state index is -1.22. The highest BCUT2D eigenvalue weighted by Gasteiger charge is 2.44. The van der Waals surface area contributed by atoms with Gasteiger partial charge in [0.25, 0.3) is 0 Å². The molecular weight excluding hydrogens is 360 g/mol. The summed E-state index contributed by atoms with van der Waals surface area (Å²) in [6.45, 7) is 1.44. The normalized spacial score (nSPS) is 25.9. The number of hydrogen-bond donors (Lipinski definition) is 3. The molecule has 0 radical (unpaired) electrons. The van der Waals surface area contributed by atoms with Crippen LogP contribution in [0.2, 0.25) is 5.02 Å². The Labute approximate surface area is 153 Å². The van der Waals surface area contributed by atoms with E-state index in [9.17, 15) is 15.3 Å². The molecule has 8 nitrogen and oxygen atoms in total. The predicted molar refractivity (Wildman–Crippen MR) is 93.5 cm³/mol. The minimum Gasteiger partial charge on any atom is -0.394 e. The van der Waals surface area contributed by atoms with Crippen LogP contribution in [0.1, 0.15) is 11.9 Å². The number of hydrogen-bond acceptors (Lipinski definition) is 7. The lowest BCUT2D eigenvalue weighted by Gasteiger charge is -2.17. The van der Waals surface area contributed by atoms with Gasteiger partial charge >= 0.3 is 0 Å². The van der Waals surface area contributed by atoms with Gasteiger partial charge in [0.1, 0.15) is 30.3 Å². The average molecular weight is 377 g/mol. The number of nitrogens with zero attached hydrogens (tertiary/aromatic N) is 4. The molecule has 136 valence electrons. The SMILES string of the molecule is Cc1ncnc2c1c(-c1ncccc1Cl)cn2[C@@H]1O[C@H](CO)[C@@H](O)[C@H]1O. The van der Waals surface area contributed by atoms with Crippen molar-refractivity contribution in [3.8, 4) is 11.3 Å². The molecule has 0 aromatic carbocycles. The predicted octanol–water partition coefficient (Wildman–Crippen LogP) is 1.07. The second-order valence-electron chi connectivity index (χ2n) is 6.17.